The Balaban J connectivity index is 1.87. The normalized spacial score (nSPS) is 12.6. The number of aromatic nitrogens is 2. The molecule has 0 radical (unpaired) electrons. The summed E-state index contributed by atoms with van der Waals surface area (Å²) in [7, 11) is 0. The highest BCUT2D eigenvalue weighted by Gasteiger charge is 2.09. The van der Waals surface area contributed by atoms with Gasteiger partial charge in [-0.05, 0) is 43.7 Å². The number of anilines is 1. The lowest BCUT2D eigenvalue weighted by Gasteiger charge is -2.17. The van der Waals surface area contributed by atoms with E-state index in [9.17, 15) is 0 Å². The van der Waals surface area contributed by atoms with Crippen molar-refractivity contribution in [2.24, 2.45) is 0 Å². The van der Waals surface area contributed by atoms with Crippen molar-refractivity contribution in [3.8, 4) is 0 Å². The van der Waals surface area contributed by atoms with Crippen LogP contribution in [0.15, 0.2) is 42.5 Å². The van der Waals surface area contributed by atoms with Gasteiger partial charge >= 0.3 is 0 Å². The molecule has 0 fully saturated rings. The SMILES string of the molecule is Cc1nc2ccc(NC(C)c3ccccc3Cl)cc2[nH]1. The standard InChI is InChI=1S/C16H16ClN3/c1-10(13-5-3-4-6-14(13)17)18-12-7-8-15-16(9-12)20-11(2)19-15/h3-10,18H,1-2H3,(H,19,20). The zero-order chi connectivity index (χ0) is 14.1. The van der Waals surface area contributed by atoms with Crippen molar-refractivity contribution in [3.63, 3.8) is 0 Å². The van der Waals surface area contributed by atoms with Crippen LogP contribution in [-0.4, -0.2) is 9.97 Å². The summed E-state index contributed by atoms with van der Waals surface area (Å²) in [4.78, 5) is 7.65. The monoisotopic (exact) mass is 285 g/mol. The van der Waals surface area contributed by atoms with Crippen LogP contribution in [0, 0.1) is 6.92 Å². The molecule has 20 heavy (non-hydrogen) atoms. The maximum Gasteiger partial charge on any atom is 0.104 e. The molecule has 0 bridgehead atoms. The molecule has 3 aromatic rings. The highest BCUT2D eigenvalue weighted by molar-refractivity contribution is 6.31. The molecule has 0 saturated heterocycles. The number of nitrogens with zero attached hydrogens (tertiary/aromatic N) is 1. The molecule has 3 nitrogen and oxygen atoms in total. The molecular formula is C16H16ClN3. The van der Waals surface area contributed by atoms with Crippen LogP contribution in [0.2, 0.25) is 5.02 Å². The van der Waals surface area contributed by atoms with Gasteiger partial charge in [0.05, 0.1) is 11.0 Å². The summed E-state index contributed by atoms with van der Waals surface area (Å²) in [5.41, 5.74) is 4.17. The van der Waals surface area contributed by atoms with E-state index in [2.05, 4.69) is 28.3 Å². The van der Waals surface area contributed by atoms with E-state index < -0.39 is 0 Å². The Morgan fingerprint density at radius 3 is 2.80 bits per heavy atom. The lowest BCUT2D eigenvalue weighted by molar-refractivity contribution is 0.885. The molecule has 2 N–H and O–H groups in total. The molecular weight excluding hydrogens is 270 g/mol. The third-order valence-electron chi connectivity index (χ3n) is 3.36. The number of rotatable bonds is 3. The predicted molar refractivity (Wildman–Crippen MR) is 84.3 cm³/mol. The van der Waals surface area contributed by atoms with E-state index in [1.165, 1.54) is 0 Å². The van der Waals surface area contributed by atoms with E-state index in [1.54, 1.807) is 0 Å². The van der Waals surface area contributed by atoms with Crippen LogP contribution in [0.1, 0.15) is 24.4 Å². The highest BCUT2D eigenvalue weighted by atomic mass is 35.5. The van der Waals surface area contributed by atoms with Gasteiger partial charge in [0, 0.05) is 16.8 Å². The molecule has 1 aromatic heterocycles. The predicted octanol–water partition coefficient (Wildman–Crippen LogP) is 4.70. The van der Waals surface area contributed by atoms with Gasteiger partial charge in [-0.2, -0.15) is 0 Å². The number of fused-ring (bicyclic) bond motifs is 1. The van der Waals surface area contributed by atoms with E-state index in [1.807, 2.05) is 43.3 Å². The second-order valence-electron chi connectivity index (χ2n) is 4.94. The van der Waals surface area contributed by atoms with E-state index >= 15 is 0 Å². The van der Waals surface area contributed by atoms with Crippen LogP contribution < -0.4 is 5.32 Å². The van der Waals surface area contributed by atoms with Gasteiger partial charge in [0.1, 0.15) is 5.82 Å². The molecule has 1 atom stereocenters. The van der Waals surface area contributed by atoms with Crippen molar-refractivity contribution >= 4 is 28.3 Å². The van der Waals surface area contributed by atoms with Crippen LogP contribution in [0.3, 0.4) is 0 Å². The number of halogens is 1. The van der Waals surface area contributed by atoms with Gasteiger partial charge in [-0.25, -0.2) is 4.98 Å². The number of benzene rings is 2. The number of hydrogen-bond acceptors (Lipinski definition) is 2. The molecule has 4 heteroatoms. The summed E-state index contributed by atoms with van der Waals surface area (Å²) in [5.74, 6) is 0.927. The average Bonchev–Trinajstić information content (AvgIpc) is 2.78. The summed E-state index contributed by atoms with van der Waals surface area (Å²) < 4.78 is 0. The first-order chi connectivity index (χ1) is 9.63. The Morgan fingerprint density at radius 1 is 1.20 bits per heavy atom. The molecule has 1 heterocycles. The van der Waals surface area contributed by atoms with Crippen molar-refractivity contribution in [1.82, 2.24) is 9.97 Å². The molecule has 0 aliphatic rings. The molecule has 0 aliphatic carbocycles. The fourth-order valence-corrected chi connectivity index (χ4v) is 2.68. The Labute approximate surface area is 123 Å². The molecule has 0 aliphatic heterocycles. The maximum absolute atomic E-state index is 6.23. The van der Waals surface area contributed by atoms with E-state index in [-0.39, 0.29) is 6.04 Å². The number of aryl methyl sites for hydroxylation is 1. The maximum atomic E-state index is 6.23. The fourth-order valence-electron chi connectivity index (χ4n) is 2.38. The van der Waals surface area contributed by atoms with Gasteiger partial charge < -0.3 is 10.3 Å². The minimum atomic E-state index is 0.144. The van der Waals surface area contributed by atoms with Crippen LogP contribution in [0.5, 0.6) is 0 Å². The molecule has 3 rings (SSSR count). The van der Waals surface area contributed by atoms with E-state index in [0.29, 0.717) is 0 Å². The second-order valence-corrected chi connectivity index (χ2v) is 5.35. The molecule has 0 spiro atoms. The summed E-state index contributed by atoms with van der Waals surface area (Å²) in [6, 6.07) is 14.2. The van der Waals surface area contributed by atoms with Gasteiger partial charge in [-0.15, -0.1) is 0 Å². The topological polar surface area (TPSA) is 40.7 Å². The number of aromatic amines is 1. The minimum absolute atomic E-state index is 0.144. The van der Waals surface area contributed by atoms with Crippen molar-refractivity contribution in [2.75, 3.05) is 5.32 Å². The first-order valence-corrected chi connectivity index (χ1v) is 6.98. The number of imidazole rings is 1. The van der Waals surface area contributed by atoms with Crippen molar-refractivity contribution < 1.29 is 0 Å². The molecule has 0 saturated carbocycles. The fraction of sp³-hybridized carbons (Fsp3) is 0.188. The third kappa shape index (κ3) is 2.49. The average molecular weight is 286 g/mol. The van der Waals surface area contributed by atoms with Gasteiger partial charge in [-0.1, -0.05) is 29.8 Å². The molecule has 102 valence electrons. The van der Waals surface area contributed by atoms with E-state index in [0.717, 1.165) is 33.1 Å². The van der Waals surface area contributed by atoms with Crippen LogP contribution in [0.25, 0.3) is 11.0 Å². The van der Waals surface area contributed by atoms with Crippen molar-refractivity contribution in [2.45, 2.75) is 19.9 Å². The summed E-state index contributed by atoms with van der Waals surface area (Å²) >= 11 is 6.23. The van der Waals surface area contributed by atoms with Gasteiger partial charge in [-0.3, -0.25) is 0 Å². The zero-order valence-electron chi connectivity index (χ0n) is 11.4. The smallest absolute Gasteiger partial charge is 0.104 e. The third-order valence-corrected chi connectivity index (χ3v) is 3.70. The van der Waals surface area contributed by atoms with Gasteiger partial charge in [0.2, 0.25) is 0 Å². The highest BCUT2D eigenvalue weighted by Crippen LogP contribution is 2.26. The Hall–Kier alpha value is -2.00. The van der Waals surface area contributed by atoms with Crippen molar-refractivity contribution in [3.05, 3.63) is 58.9 Å². The number of nitrogens with one attached hydrogen (secondary N) is 2. The Bertz CT molecular complexity index is 748. The quantitative estimate of drug-likeness (QED) is 0.732. The first kappa shape index (κ1) is 13.0. The molecule has 1 unspecified atom stereocenters. The second kappa shape index (κ2) is 5.17. The largest absolute Gasteiger partial charge is 0.378 e. The van der Waals surface area contributed by atoms with Gasteiger partial charge in [0.15, 0.2) is 0 Å². The number of hydrogen-bond donors (Lipinski definition) is 2. The Morgan fingerprint density at radius 2 is 2.00 bits per heavy atom. The Kier molecular flexibility index (Phi) is 3.36. The van der Waals surface area contributed by atoms with Crippen LogP contribution in [0.4, 0.5) is 5.69 Å². The van der Waals surface area contributed by atoms with Crippen molar-refractivity contribution in [1.29, 1.82) is 0 Å². The van der Waals surface area contributed by atoms with Crippen LogP contribution in [-0.2, 0) is 0 Å². The first-order valence-electron chi connectivity index (χ1n) is 6.61. The molecule has 2 aromatic carbocycles. The van der Waals surface area contributed by atoms with E-state index in [4.69, 9.17) is 11.6 Å². The number of H-pyrrole nitrogens is 1. The lowest BCUT2D eigenvalue weighted by Crippen LogP contribution is -2.06. The zero-order valence-corrected chi connectivity index (χ0v) is 12.2. The summed E-state index contributed by atoms with van der Waals surface area (Å²) in [6.45, 7) is 4.06. The van der Waals surface area contributed by atoms with Gasteiger partial charge in [0.25, 0.3) is 0 Å². The lowest BCUT2D eigenvalue weighted by atomic mass is 10.1. The summed E-state index contributed by atoms with van der Waals surface area (Å²) in [5, 5.41) is 4.25. The minimum Gasteiger partial charge on any atom is -0.378 e. The van der Waals surface area contributed by atoms with Crippen LogP contribution >= 0.6 is 11.6 Å². The summed E-state index contributed by atoms with van der Waals surface area (Å²) in [6.07, 6.45) is 0. The molecule has 0 amide bonds.